The van der Waals surface area contributed by atoms with Gasteiger partial charge in [0, 0.05) is 25.7 Å². The summed E-state index contributed by atoms with van der Waals surface area (Å²) in [6.45, 7) is 11.9. The highest BCUT2D eigenvalue weighted by atomic mass is 31.2. The minimum Gasteiger partial charge on any atom is -0.462 e. The molecule has 0 aliphatic heterocycles. The van der Waals surface area contributed by atoms with E-state index in [0.29, 0.717) is 25.7 Å². The molecule has 0 aromatic heterocycles. The Labute approximate surface area is 605 Å². The number of rotatable bonds is 76. The van der Waals surface area contributed by atoms with Crippen molar-refractivity contribution in [2.75, 3.05) is 39.6 Å². The number of allylic oxidation sites excluding steroid dienone is 4. The van der Waals surface area contributed by atoms with Crippen molar-refractivity contribution < 1.29 is 80.2 Å². The molecule has 0 radical (unpaired) electrons. The molecule has 0 aromatic rings. The number of esters is 4. The normalized spacial score (nSPS) is 14.4. The third-order valence-electron chi connectivity index (χ3n) is 18.4. The first-order valence-electron chi connectivity index (χ1n) is 40.7. The third kappa shape index (κ3) is 72.3. The van der Waals surface area contributed by atoms with Crippen LogP contribution < -0.4 is 0 Å². The van der Waals surface area contributed by atoms with Crippen LogP contribution in [-0.4, -0.2) is 96.7 Å². The maximum absolute atomic E-state index is 13.1. The number of carbonyl (C=O) groups is 4. The molecule has 0 fully saturated rings. The molecule has 19 heteroatoms. The summed E-state index contributed by atoms with van der Waals surface area (Å²) in [6, 6.07) is 0. The largest absolute Gasteiger partial charge is 0.472 e. The van der Waals surface area contributed by atoms with Crippen LogP contribution in [0.2, 0.25) is 0 Å². The second-order valence-corrected chi connectivity index (χ2v) is 32.2. The summed E-state index contributed by atoms with van der Waals surface area (Å²) >= 11 is 0. The minimum atomic E-state index is -4.97. The van der Waals surface area contributed by atoms with Crippen molar-refractivity contribution in [1.82, 2.24) is 0 Å². The fourth-order valence-corrected chi connectivity index (χ4v) is 13.3. The summed E-state index contributed by atoms with van der Waals surface area (Å²) in [7, 11) is -9.93. The lowest BCUT2D eigenvalue weighted by Crippen LogP contribution is -2.30. The Morgan fingerprint density at radius 3 is 0.899 bits per heavy atom. The second kappa shape index (κ2) is 69.9. The average molecular weight is 1450 g/mol. The quantitative estimate of drug-likeness (QED) is 0.0169. The SMILES string of the molecule is CCCCCC/C=C\C=C/CCCCCCCC(=O)O[C@H](COC(=O)CCCCCCCCC(C)CC)COP(=O)(O)OC[C@H](O)COP(=O)(O)OC[C@@H](COC(=O)CCCCCCCCCCCCCCCCCC(C)C)OC(=O)CCCCCCCCCCCCCCCC(C)C. The number of aliphatic hydroxyl groups is 1. The smallest absolute Gasteiger partial charge is 0.462 e. The fraction of sp³-hybridized carbons (Fsp3) is 0.900. The van der Waals surface area contributed by atoms with Crippen LogP contribution in [0.5, 0.6) is 0 Å². The van der Waals surface area contributed by atoms with Gasteiger partial charge in [0.25, 0.3) is 0 Å². The second-order valence-electron chi connectivity index (χ2n) is 29.3. The standard InChI is InChI=1S/C80H152O17P2/c1-8-10-11-12-13-14-15-16-18-25-30-35-40-49-56-63-80(85)97-76(68-91-78(83)62-55-48-43-42-46-53-60-73(7)9-2)70-95-99(88,89)93-66-74(81)65-92-98(86,87)94-69-75(96-79(84)64-57-50-41-36-31-26-21-23-28-33-38-45-52-59-72(5)6)67-90-77(82)61-54-47-39-34-29-24-20-17-19-22-27-32-37-44-51-58-71(3)4/h14-16,18,71-76,81H,8-13,17,19-70H2,1-7H3,(H,86,87)(H,88,89)/b15-14-,18-16-/t73?,74-,75-,76-/m1/s1. The lowest BCUT2D eigenvalue weighted by atomic mass is 10.00. The number of aliphatic hydroxyl groups excluding tert-OH is 1. The Morgan fingerprint density at radius 2 is 0.596 bits per heavy atom. The van der Waals surface area contributed by atoms with E-state index in [1.807, 2.05) is 0 Å². The summed E-state index contributed by atoms with van der Waals surface area (Å²) in [5.74, 6) is 0.174. The summed E-state index contributed by atoms with van der Waals surface area (Å²) in [6.07, 6.45) is 60.5. The topological polar surface area (TPSA) is 237 Å². The summed E-state index contributed by atoms with van der Waals surface area (Å²) in [4.78, 5) is 73.0. The van der Waals surface area contributed by atoms with Gasteiger partial charge in [-0.1, -0.05) is 336 Å². The number of unbranched alkanes of at least 4 members (excludes halogenated alkanes) is 40. The molecule has 0 saturated carbocycles. The van der Waals surface area contributed by atoms with Crippen LogP contribution in [0.15, 0.2) is 24.3 Å². The van der Waals surface area contributed by atoms with Crippen LogP contribution in [0, 0.1) is 17.8 Å². The van der Waals surface area contributed by atoms with E-state index < -0.39 is 97.5 Å². The van der Waals surface area contributed by atoms with E-state index in [2.05, 4.69) is 72.8 Å². The molecule has 17 nitrogen and oxygen atoms in total. The minimum absolute atomic E-state index is 0.0840. The van der Waals surface area contributed by atoms with Gasteiger partial charge >= 0.3 is 39.5 Å². The van der Waals surface area contributed by atoms with Crippen LogP contribution in [-0.2, 0) is 65.4 Å². The van der Waals surface area contributed by atoms with Gasteiger partial charge in [0.1, 0.15) is 19.3 Å². The number of hydrogen-bond donors (Lipinski definition) is 3. The number of hydrogen-bond acceptors (Lipinski definition) is 15. The van der Waals surface area contributed by atoms with Gasteiger partial charge in [0.15, 0.2) is 12.2 Å². The van der Waals surface area contributed by atoms with Gasteiger partial charge < -0.3 is 33.8 Å². The molecule has 0 rings (SSSR count). The molecule has 0 saturated heterocycles. The fourth-order valence-electron chi connectivity index (χ4n) is 11.7. The van der Waals surface area contributed by atoms with E-state index in [1.54, 1.807) is 0 Å². The van der Waals surface area contributed by atoms with Crippen molar-refractivity contribution in [3.05, 3.63) is 24.3 Å². The molecular formula is C80H152O17P2. The van der Waals surface area contributed by atoms with Crippen molar-refractivity contribution in [2.45, 2.75) is 407 Å². The summed E-state index contributed by atoms with van der Waals surface area (Å²) in [5, 5.41) is 10.6. The molecule has 0 aromatic carbocycles. The monoisotopic (exact) mass is 1450 g/mol. The Bertz CT molecular complexity index is 2020. The number of ether oxygens (including phenoxy) is 4. The zero-order chi connectivity index (χ0) is 73.0. The number of phosphoric acid groups is 2. The molecule has 0 heterocycles. The molecule has 6 atom stereocenters. The molecule has 584 valence electrons. The van der Waals surface area contributed by atoms with Gasteiger partial charge in [-0.2, -0.15) is 0 Å². The van der Waals surface area contributed by atoms with Crippen LogP contribution in [0.1, 0.15) is 389 Å². The Hall–Kier alpha value is -2.46. The molecule has 0 aliphatic rings. The molecule has 0 amide bonds. The van der Waals surface area contributed by atoms with Gasteiger partial charge in [0.05, 0.1) is 26.4 Å². The lowest BCUT2D eigenvalue weighted by molar-refractivity contribution is -0.161. The summed E-state index contributed by atoms with van der Waals surface area (Å²) < 4.78 is 68.6. The molecule has 0 aliphatic carbocycles. The first kappa shape index (κ1) is 96.5. The first-order valence-corrected chi connectivity index (χ1v) is 43.7. The molecule has 0 spiro atoms. The van der Waals surface area contributed by atoms with Crippen LogP contribution in [0.4, 0.5) is 0 Å². The maximum atomic E-state index is 13.1. The van der Waals surface area contributed by atoms with E-state index in [9.17, 15) is 43.2 Å². The molecule has 99 heavy (non-hydrogen) atoms. The van der Waals surface area contributed by atoms with Crippen molar-refractivity contribution in [2.24, 2.45) is 17.8 Å². The highest BCUT2D eigenvalue weighted by molar-refractivity contribution is 7.47. The Morgan fingerprint density at radius 1 is 0.333 bits per heavy atom. The first-order chi connectivity index (χ1) is 47.8. The van der Waals surface area contributed by atoms with E-state index >= 15 is 0 Å². The van der Waals surface area contributed by atoms with E-state index in [4.69, 9.17) is 37.0 Å². The lowest BCUT2D eigenvalue weighted by Gasteiger charge is -2.21. The zero-order valence-electron chi connectivity index (χ0n) is 64.4. The predicted octanol–water partition coefficient (Wildman–Crippen LogP) is 23.3. The van der Waals surface area contributed by atoms with E-state index in [1.165, 1.54) is 180 Å². The van der Waals surface area contributed by atoms with Crippen LogP contribution in [0.25, 0.3) is 0 Å². The number of carbonyl (C=O) groups excluding carboxylic acids is 4. The van der Waals surface area contributed by atoms with Crippen molar-refractivity contribution >= 4 is 39.5 Å². The number of phosphoric ester groups is 2. The summed E-state index contributed by atoms with van der Waals surface area (Å²) in [5.41, 5.74) is 0. The Balaban J connectivity index is 5.28. The van der Waals surface area contributed by atoms with E-state index in [-0.39, 0.29) is 25.7 Å². The van der Waals surface area contributed by atoms with Gasteiger partial charge in [-0.25, -0.2) is 9.13 Å². The van der Waals surface area contributed by atoms with Gasteiger partial charge in [-0.05, 0) is 69.1 Å². The van der Waals surface area contributed by atoms with Crippen LogP contribution in [0.3, 0.4) is 0 Å². The van der Waals surface area contributed by atoms with E-state index in [0.717, 1.165) is 127 Å². The molecule has 0 bridgehead atoms. The average Bonchev–Trinajstić information content (AvgIpc) is 1.33. The van der Waals surface area contributed by atoms with Gasteiger partial charge in [-0.3, -0.25) is 37.3 Å². The predicted molar refractivity (Wildman–Crippen MR) is 404 cm³/mol. The zero-order valence-corrected chi connectivity index (χ0v) is 66.2. The van der Waals surface area contributed by atoms with Crippen LogP contribution >= 0.6 is 15.6 Å². The molecule has 3 unspecified atom stereocenters. The molecular weight excluding hydrogens is 1290 g/mol. The van der Waals surface area contributed by atoms with Gasteiger partial charge in [0.2, 0.25) is 0 Å². The van der Waals surface area contributed by atoms with Crippen molar-refractivity contribution in [3.63, 3.8) is 0 Å². The highest BCUT2D eigenvalue weighted by Gasteiger charge is 2.30. The van der Waals surface area contributed by atoms with Gasteiger partial charge in [-0.15, -0.1) is 0 Å². The third-order valence-corrected chi connectivity index (χ3v) is 20.3. The maximum Gasteiger partial charge on any atom is 0.472 e. The molecule has 3 N–H and O–H groups in total. The van der Waals surface area contributed by atoms with Crippen molar-refractivity contribution in [3.8, 4) is 0 Å². The van der Waals surface area contributed by atoms with Crippen molar-refractivity contribution in [1.29, 1.82) is 0 Å². The highest BCUT2D eigenvalue weighted by Crippen LogP contribution is 2.45. The Kier molecular flexibility index (Phi) is 68.1.